The number of hydrazine groups is 1. The summed E-state index contributed by atoms with van der Waals surface area (Å²) < 4.78 is 1.94. The number of rotatable bonds is 6. The van der Waals surface area contributed by atoms with Crippen molar-refractivity contribution >= 4 is 11.6 Å². The minimum absolute atomic E-state index is 0.0438. The molecule has 2 aromatic rings. The van der Waals surface area contributed by atoms with Gasteiger partial charge in [0.1, 0.15) is 0 Å². The number of nitrogens with two attached hydrogens (primary N) is 1. The summed E-state index contributed by atoms with van der Waals surface area (Å²) in [5.74, 6) is 5.75. The zero-order valence-corrected chi connectivity index (χ0v) is 12.7. The maximum absolute atomic E-state index is 6.28. The van der Waals surface area contributed by atoms with Crippen LogP contribution in [0.2, 0.25) is 5.02 Å². The summed E-state index contributed by atoms with van der Waals surface area (Å²) in [7, 11) is 0. The smallest absolute Gasteiger partial charge is 0.0834 e. The van der Waals surface area contributed by atoms with Gasteiger partial charge in [0.05, 0.1) is 23.0 Å². The molecule has 0 aliphatic carbocycles. The van der Waals surface area contributed by atoms with Crippen molar-refractivity contribution in [3.05, 3.63) is 52.3 Å². The van der Waals surface area contributed by atoms with Crippen molar-refractivity contribution < 1.29 is 0 Å². The van der Waals surface area contributed by atoms with Crippen molar-refractivity contribution in [2.24, 2.45) is 5.84 Å². The SMILES string of the molecule is CCCn1ncc(Cl)c1C(Cc1ccccc1C)NN. The molecule has 0 fully saturated rings. The van der Waals surface area contributed by atoms with E-state index in [-0.39, 0.29) is 6.04 Å². The first-order valence-electron chi connectivity index (χ1n) is 6.89. The number of nitrogens with zero attached hydrogens (tertiary/aromatic N) is 2. The monoisotopic (exact) mass is 292 g/mol. The highest BCUT2D eigenvalue weighted by Gasteiger charge is 2.20. The van der Waals surface area contributed by atoms with Crippen LogP contribution >= 0.6 is 11.6 Å². The quantitative estimate of drug-likeness (QED) is 0.636. The van der Waals surface area contributed by atoms with Crippen LogP contribution in [0.1, 0.15) is 36.2 Å². The molecule has 1 unspecified atom stereocenters. The van der Waals surface area contributed by atoms with Crippen molar-refractivity contribution in [2.75, 3.05) is 0 Å². The third kappa shape index (κ3) is 3.20. The van der Waals surface area contributed by atoms with Crippen molar-refractivity contribution in [3.63, 3.8) is 0 Å². The standard InChI is InChI=1S/C15H21ClN4/c1-3-8-20-15(13(16)10-18-20)14(19-17)9-12-7-5-4-6-11(12)2/h4-7,10,14,19H,3,8-9,17H2,1-2H3. The molecule has 20 heavy (non-hydrogen) atoms. The Morgan fingerprint density at radius 1 is 1.40 bits per heavy atom. The largest absolute Gasteiger partial charge is 0.271 e. The molecule has 1 aromatic carbocycles. The van der Waals surface area contributed by atoms with Gasteiger partial charge in [-0.3, -0.25) is 16.0 Å². The van der Waals surface area contributed by atoms with E-state index in [0.717, 1.165) is 25.1 Å². The molecule has 0 spiro atoms. The Morgan fingerprint density at radius 3 is 2.80 bits per heavy atom. The first kappa shape index (κ1) is 15.0. The van der Waals surface area contributed by atoms with E-state index in [0.29, 0.717) is 5.02 Å². The lowest BCUT2D eigenvalue weighted by molar-refractivity contribution is 0.478. The van der Waals surface area contributed by atoms with E-state index in [9.17, 15) is 0 Å². The van der Waals surface area contributed by atoms with Crippen LogP contribution in [0.4, 0.5) is 0 Å². The second-order valence-electron chi connectivity index (χ2n) is 4.95. The van der Waals surface area contributed by atoms with E-state index in [1.807, 2.05) is 16.8 Å². The minimum atomic E-state index is -0.0438. The van der Waals surface area contributed by atoms with Gasteiger partial charge in [-0.05, 0) is 30.9 Å². The molecule has 3 N–H and O–H groups in total. The maximum Gasteiger partial charge on any atom is 0.0834 e. The fourth-order valence-electron chi connectivity index (χ4n) is 2.40. The Labute approximate surface area is 124 Å². The van der Waals surface area contributed by atoms with Gasteiger partial charge in [-0.25, -0.2) is 0 Å². The highest BCUT2D eigenvalue weighted by molar-refractivity contribution is 6.31. The predicted octanol–water partition coefficient (Wildman–Crippen LogP) is 3.00. The number of aryl methyl sites for hydroxylation is 2. The predicted molar refractivity (Wildman–Crippen MR) is 82.5 cm³/mol. The number of nitrogens with one attached hydrogen (secondary N) is 1. The van der Waals surface area contributed by atoms with Crippen molar-refractivity contribution in [1.82, 2.24) is 15.2 Å². The molecule has 1 heterocycles. The molecule has 0 bridgehead atoms. The second-order valence-corrected chi connectivity index (χ2v) is 5.36. The molecular formula is C15H21ClN4. The lowest BCUT2D eigenvalue weighted by Gasteiger charge is -2.19. The lowest BCUT2D eigenvalue weighted by atomic mass is 9.99. The molecule has 0 saturated carbocycles. The zero-order chi connectivity index (χ0) is 14.5. The van der Waals surface area contributed by atoms with E-state index < -0.39 is 0 Å². The number of hydrogen-bond donors (Lipinski definition) is 2. The van der Waals surface area contributed by atoms with Crippen LogP contribution in [-0.2, 0) is 13.0 Å². The molecule has 0 amide bonds. The van der Waals surface area contributed by atoms with Crippen LogP contribution < -0.4 is 11.3 Å². The molecule has 0 aliphatic rings. The van der Waals surface area contributed by atoms with Gasteiger partial charge >= 0.3 is 0 Å². The maximum atomic E-state index is 6.28. The van der Waals surface area contributed by atoms with E-state index in [1.165, 1.54) is 11.1 Å². The van der Waals surface area contributed by atoms with E-state index >= 15 is 0 Å². The lowest BCUT2D eigenvalue weighted by Crippen LogP contribution is -2.32. The number of benzene rings is 1. The molecule has 1 aromatic heterocycles. The average molecular weight is 293 g/mol. The first-order chi connectivity index (χ1) is 9.67. The molecule has 4 nitrogen and oxygen atoms in total. The Kier molecular flexibility index (Phi) is 5.17. The molecule has 0 saturated heterocycles. The number of halogens is 1. The highest BCUT2D eigenvalue weighted by atomic mass is 35.5. The first-order valence-corrected chi connectivity index (χ1v) is 7.27. The molecule has 1 atom stereocenters. The normalized spacial score (nSPS) is 12.6. The van der Waals surface area contributed by atoms with Gasteiger partial charge < -0.3 is 0 Å². The molecule has 5 heteroatoms. The number of aromatic nitrogens is 2. The highest BCUT2D eigenvalue weighted by Crippen LogP contribution is 2.26. The Balaban J connectivity index is 2.29. The molecule has 108 valence electrons. The average Bonchev–Trinajstić information content (AvgIpc) is 2.80. The fourth-order valence-corrected chi connectivity index (χ4v) is 2.67. The van der Waals surface area contributed by atoms with E-state index in [2.05, 4.69) is 36.5 Å². The van der Waals surface area contributed by atoms with Crippen LogP contribution in [0, 0.1) is 6.92 Å². The van der Waals surface area contributed by atoms with Gasteiger partial charge in [-0.15, -0.1) is 0 Å². The van der Waals surface area contributed by atoms with Gasteiger partial charge in [-0.2, -0.15) is 5.10 Å². The van der Waals surface area contributed by atoms with Crippen LogP contribution in [-0.4, -0.2) is 9.78 Å². The Morgan fingerprint density at radius 2 is 2.15 bits per heavy atom. The van der Waals surface area contributed by atoms with Crippen molar-refractivity contribution in [2.45, 2.75) is 39.3 Å². The van der Waals surface area contributed by atoms with Crippen LogP contribution in [0.25, 0.3) is 0 Å². The minimum Gasteiger partial charge on any atom is -0.271 e. The van der Waals surface area contributed by atoms with Crippen LogP contribution in [0.3, 0.4) is 0 Å². The van der Waals surface area contributed by atoms with Crippen molar-refractivity contribution in [1.29, 1.82) is 0 Å². The van der Waals surface area contributed by atoms with Crippen molar-refractivity contribution in [3.8, 4) is 0 Å². The fraction of sp³-hybridized carbons (Fsp3) is 0.400. The number of hydrogen-bond acceptors (Lipinski definition) is 3. The third-order valence-corrected chi connectivity index (χ3v) is 3.78. The summed E-state index contributed by atoms with van der Waals surface area (Å²) in [6, 6.07) is 8.26. The summed E-state index contributed by atoms with van der Waals surface area (Å²) in [5, 5.41) is 4.99. The van der Waals surface area contributed by atoms with E-state index in [4.69, 9.17) is 17.4 Å². The third-order valence-electron chi connectivity index (χ3n) is 3.49. The Hall–Kier alpha value is -1.36. The van der Waals surface area contributed by atoms with Crippen LogP contribution in [0.15, 0.2) is 30.5 Å². The van der Waals surface area contributed by atoms with E-state index in [1.54, 1.807) is 6.20 Å². The van der Waals surface area contributed by atoms with Gasteiger partial charge in [0.2, 0.25) is 0 Å². The van der Waals surface area contributed by atoms with Gasteiger partial charge in [0.15, 0.2) is 0 Å². The molecular weight excluding hydrogens is 272 g/mol. The molecule has 2 rings (SSSR count). The topological polar surface area (TPSA) is 55.9 Å². The summed E-state index contributed by atoms with van der Waals surface area (Å²) in [5.41, 5.74) is 6.35. The van der Waals surface area contributed by atoms with Crippen LogP contribution in [0.5, 0.6) is 0 Å². The summed E-state index contributed by atoms with van der Waals surface area (Å²) in [6.07, 6.45) is 3.49. The second kappa shape index (κ2) is 6.88. The zero-order valence-electron chi connectivity index (χ0n) is 11.9. The summed E-state index contributed by atoms with van der Waals surface area (Å²) in [4.78, 5) is 0. The molecule has 0 aliphatic heterocycles. The van der Waals surface area contributed by atoms with Gasteiger partial charge in [-0.1, -0.05) is 42.8 Å². The van der Waals surface area contributed by atoms with Gasteiger partial charge in [0, 0.05) is 6.54 Å². The molecule has 0 radical (unpaired) electrons. The summed E-state index contributed by atoms with van der Waals surface area (Å²) in [6.45, 7) is 5.06. The van der Waals surface area contributed by atoms with Gasteiger partial charge in [0.25, 0.3) is 0 Å². The Bertz CT molecular complexity index is 565. The summed E-state index contributed by atoms with van der Waals surface area (Å²) >= 11 is 6.28.